The van der Waals surface area contributed by atoms with Gasteiger partial charge in [0.25, 0.3) is 0 Å². The molecule has 1 aromatic rings. The molecular weight excluding hydrogens is 514 g/mol. The first-order valence-corrected chi connectivity index (χ1v) is 12.6. The smallest absolute Gasteiger partial charge is 0.435 e. The zero-order valence-electron chi connectivity index (χ0n) is 19.2. The number of rotatable bonds is 5. The Kier molecular flexibility index (Phi) is 7.28. The van der Waals surface area contributed by atoms with Crippen molar-refractivity contribution in [2.45, 2.75) is 68.7 Å². The Morgan fingerprint density at radius 1 is 1.03 bits per heavy atom. The number of hydrogen-bond donors (Lipinski definition) is 2. The summed E-state index contributed by atoms with van der Waals surface area (Å²) in [4.78, 5) is 25.1. The summed E-state index contributed by atoms with van der Waals surface area (Å²) in [6, 6.07) is -0.0938. The zero-order valence-corrected chi connectivity index (χ0v) is 20.0. The zero-order chi connectivity index (χ0) is 26.3. The number of aliphatic carboxylic acids is 1. The minimum atomic E-state index is -5.10. The topological polar surface area (TPSA) is 87.5 Å². The number of carbonyl (C=O) groups excluding carboxylic acids is 1. The van der Waals surface area contributed by atoms with Crippen LogP contribution in [0.5, 0.6) is 0 Å². The van der Waals surface area contributed by atoms with E-state index in [0.29, 0.717) is 12.8 Å². The summed E-state index contributed by atoms with van der Waals surface area (Å²) in [5.74, 6) is -1.56. The Morgan fingerprint density at radius 3 is 2.17 bits per heavy atom. The summed E-state index contributed by atoms with van der Waals surface area (Å²) in [6.07, 6.45) is -4.11. The van der Waals surface area contributed by atoms with E-state index in [9.17, 15) is 41.0 Å². The molecule has 1 saturated carbocycles. The van der Waals surface area contributed by atoms with E-state index in [1.165, 1.54) is 16.7 Å². The molecule has 7 nitrogen and oxygen atoms in total. The number of carboxylic acids is 1. The van der Waals surface area contributed by atoms with Crippen molar-refractivity contribution in [2.24, 2.45) is 11.8 Å². The van der Waals surface area contributed by atoms with Crippen LogP contribution in [0.2, 0.25) is 0 Å². The van der Waals surface area contributed by atoms with Gasteiger partial charge in [0.05, 0.1) is 4.87 Å². The molecule has 3 aliphatic rings. The van der Waals surface area contributed by atoms with E-state index in [0.717, 1.165) is 32.1 Å². The first-order chi connectivity index (χ1) is 16.8. The average Bonchev–Trinajstić information content (AvgIpc) is 3.46. The summed E-state index contributed by atoms with van der Waals surface area (Å²) < 4.78 is 78.7. The summed E-state index contributed by atoms with van der Waals surface area (Å²) in [6.45, 7) is -0.546. The second-order valence-electron chi connectivity index (χ2n) is 9.43. The second kappa shape index (κ2) is 9.82. The van der Waals surface area contributed by atoms with Crippen molar-refractivity contribution in [3.05, 3.63) is 28.6 Å². The van der Waals surface area contributed by atoms with Crippen molar-refractivity contribution < 1.29 is 41.0 Å². The van der Waals surface area contributed by atoms with E-state index < -0.39 is 47.0 Å². The molecule has 0 radical (unpaired) electrons. The number of nitrogens with zero attached hydrogens (tertiary/aromatic N) is 3. The van der Waals surface area contributed by atoms with E-state index in [1.54, 1.807) is 5.41 Å². The highest BCUT2D eigenvalue weighted by Crippen LogP contribution is 2.51. The normalized spacial score (nSPS) is 24.5. The van der Waals surface area contributed by atoms with Crippen molar-refractivity contribution >= 4 is 23.6 Å². The van der Waals surface area contributed by atoms with Crippen LogP contribution >= 0.6 is 11.8 Å². The summed E-state index contributed by atoms with van der Waals surface area (Å²) in [7, 11) is 0. The van der Waals surface area contributed by atoms with Gasteiger partial charge in [-0.25, -0.2) is 4.79 Å². The van der Waals surface area contributed by atoms with Crippen molar-refractivity contribution in [3.63, 3.8) is 0 Å². The molecule has 1 atom stereocenters. The van der Waals surface area contributed by atoms with Gasteiger partial charge in [0.2, 0.25) is 5.91 Å². The number of hydrogen-bond acceptors (Lipinski definition) is 5. The molecule has 3 heterocycles. The summed E-state index contributed by atoms with van der Waals surface area (Å²) in [5, 5.41) is 17.3. The third-order valence-electron chi connectivity index (χ3n) is 7.24. The van der Waals surface area contributed by atoms with Crippen LogP contribution in [0.3, 0.4) is 0 Å². The number of piperidine rings is 1. The summed E-state index contributed by atoms with van der Waals surface area (Å²) >= 11 is 1.46. The number of carboxylic acid groups (broad SMARTS) is 1. The molecule has 4 rings (SSSR count). The molecule has 1 amide bonds. The molecule has 2 fully saturated rings. The third-order valence-corrected chi connectivity index (χ3v) is 8.76. The number of thioether (sulfide) groups is 1. The Balaban J connectivity index is 1.45. The van der Waals surface area contributed by atoms with E-state index in [-0.39, 0.29) is 41.4 Å². The second-order valence-corrected chi connectivity index (χ2v) is 10.6. The van der Waals surface area contributed by atoms with Crippen LogP contribution in [0.4, 0.5) is 26.3 Å². The lowest BCUT2D eigenvalue weighted by Crippen LogP contribution is -2.55. The third kappa shape index (κ3) is 5.32. The van der Waals surface area contributed by atoms with Gasteiger partial charge in [-0.1, -0.05) is 19.3 Å². The number of carbonyl (C=O) groups is 2. The minimum absolute atomic E-state index is 0.00928. The van der Waals surface area contributed by atoms with Gasteiger partial charge in [0, 0.05) is 24.6 Å². The molecule has 0 spiro atoms. The number of likely N-dealkylation sites (tertiary alicyclic amines) is 1. The molecule has 0 bridgehead atoms. The molecule has 14 heteroatoms. The first kappa shape index (κ1) is 26.7. The fourth-order valence-electron chi connectivity index (χ4n) is 5.48. The van der Waals surface area contributed by atoms with Crippen molar-refractivity contribution in [3.8, 4) is 0 Å². The summed E-state index contributed by atoms with van der Waals surface area (Å²) in [5.41, 5.74) is -3.21. The molecule has 1 saturated heterocycles. The number of nitrogens with one attached hydrogen (secondary N) is 1. The molecule has 1 unspecified atom stereocenters. The minimum Gasteiger partial charge on any atom is -0.477 e. The van der Waals surface area contributed by atoms with Crippen molar-refractivity contribution in [2.75, 3.05) is 13.1 Å². The molecule has 1 aliphatic carbocycles. The van der Waals surface area contributed by atoms with Crippen molar-refractivity contribution in [1.82, 2.24) is 20.0 Å². The quantitative estimate of drug-likeness (QED) is 0.527. The number of amides is 1. The van der Waals surface area contributed by atoms with Gasteiger partial charge in [-0.2, -0.15) is 31.4 Å². The molecular formula is C22H26F6N4O3S. The van der Waals surface area contributed by atoms with E-state index in [2.05, 4.69) is 10.4 Å². The monoisotopic (exact) mass is 540 g/mol. The standard InChI is InChI=1S/C22H26F6N4O3S/c23-21(24,25)16-10-17(22(26,27)28)32(30-16)11-18(33)31-8-6-14(7-9-31)20(13-4-2-1-3-5-13)29-15(12-36-20)19(34)35/h10,12-14,29H,1-9,11H2,(H,34,35). The molecule has 200 valence electrons. The SMILES string of the molecule is O=C(O)C1=CSC(C2CCCCC2)(C2CCN(C(=O)Cn3nc(C(F)(F)F)cc3C(F)(F)F)CC2)N1. The Hall–Kier alpha value is -2.38. The molecule has 2 aliphatic heterocycles. The number of aromatic nitrogens is 2. The number of halogens is 6. The van der Waals surface area contributed by atoms with Gasteiger partial charge >= 0.3 is 18.3 Å². The van der Waals surface area contributed by atoms with Crippen molar-refractivity contribution in [1.29, 1.82) is 0 Å². The van der Waals surface area contributed by atoms with Gasteiger partial charge in [-0.15, -0.1) is 11.8 Å². The molecule has 0 aromatic carbocycles. The van der Waals surface area contributed by atoms with E-state index >= 15 is 0 Å². The van der Waals surface area contributed by atoms with Gasteiger partial charge in [-0.05, 0) is 37.5 Å². The van der Waals surface area contributed by atoms with Crippen LogP contribution in [-0.2, 0) is 28.5 Å². The van der Waals surface area contributed by atoms with Crippen LogP contribution in [0.15, 0.2) is 17.2 Å². The van der Waals surface area contributed by atoms with Gasteiger partial charge in [-0.3, -0.25) is 9.48 Å². The first-order valence-electron chi connectivity index (χ1n) is 11.7. The van der Waals surface area contributed by atoms with E-state index in [1.807, 2.05) is 0 Å². The predicted octanol–water partition coefficient (Wildman–Crippen LogP) is 4.70. The lowest BCUT2D eigenvalue weighted by atomic mass is 9.74. The van der Waals surface area contributed by atoms with Crippen LogP contribution in [-0.4, -0.2) is 49.6 Å². The predicted molar refractivity (Wildman–Crippen MR) is 117 cm³/mol. The maximum atomic E-state index is 13.3. The highest BCUT2D eigenvalue weighted by Gasteiger charge is 2.50. The van der Waals surface area contributed by atoms with Gasteiger partial charge in [0.15, 0.2) is 5.69 Å². The lowest BCUT2D eigenvalue weighted by Gasteiger charge is -2.48. The maximum Gasteiger partial charge on any atom is 0.435 e. The fraction of sp³-hybridized carbons (Fsp3) is 0.682. The lowest BCUT2D eigenvalue weighted by molar-refractivity contribution is -0.146. The van der Waals surface area contributed by atoms with Crippen LogP contribution < -0.4 is 5.32 Å². The van der Waals surface area contributed by atoms with E-state index in [4.69, 9.17) is 0 Å². The molecule has 36 heavy (non-hydrogen) atoms. The Bertz CT molecular complexity index is 1030. The maximum absolute atomic E-state index is 13.3. The highest BCUT2D eigenvalue weighted by atomic mass is 32.2. The van der Waals surface area contributed by atoms with Crippen LogP contribution in [0.1, 0.15) is 56.3 Å². The molecule has 2 N–H and O–H groups in total. The average molecular weight is 541 g/mol. The Labute approximate surface area is 207 Å². The van der Waals surface area contributed by atoms with Crippen LogP contribution in [0.25, 0.3) is 0 Å². The van der Waals surface area contributed by atoms with Crippen LogP contribution in [0, 0.1) is 11.8 Å². The number of alkyl halides is 6. The highest BCUT2D eigenvalue weighted by molar-refractivity contribution is 8.03. The largest absolute Gasteiger partial charge is 0.477 e. The molecule has 1 aromatic heterocycles. The van der Waals surface area contributed by atoms with Gasteiger partial charge < -0.3 is 15.3 Å². The van der Waals surface area contributed by atoms with Gasteiger partial charge in [0.1, 0.15) is 17.9 Å². The fourth-order valence-corrected chi connectivity index (χ4v) is 6.98. The Morgan fingerprint density at radius 2 is 1.64 bits per heavy atom.